The number of carboxylic acids is 1. The Morgan fingerprint density at radius 3 is 2.42 bits per heavy atom. The van der Waals surface area contributed by atoms with Crippen molar-refractivity contribution in [1.82, 2.24) is 4.90 Å². The normalized spacial score (nSPS) is 15.2. The molecule has 0 bridgehead atoms. The molecule has 0 aliphatic carbocycles. The molecule has 0 aromatic heterocycles. The molecule has 0 unspecified atom stereocenters. The number of nitrogens with one attached hydrogen (secondary N) is 1. The van der Waals surface area contributed by atoms with Crippen LogP contribution in [0.15, 0.2) is 18.2 Å². The molecule has 1 aromatic rings. The standard InChI is InChI=1S/C19H26N2O5/c1-12(2)18(23)21-6-4-14(5-7-21)17(22)20-16-9-13(11-26-3)8-15(10-16)19(24)25/h8-10,12,14H,4-7,11H2,1-3H3,(H,20,22)(H,24,25). The van der Waals surface area contributed by atoms with E-state index < -0.39 is 5.97 Å². The van der Waals surface area contributed by atoms with Crippen molar-refractivity contribution in [3.63, 3.8) is 0 Å². The van der Waals surface area contributed by atoms with Gasteiger partial charge in [0.15, 0.2) is 0 Å². The van der Waals surface area contributed by atoms with E-state index in [9.17, 15) is 19.5 Å². The highest BCUT2D eigenvalue weighted by Gasteiger charge is 2.28. The lowest BCUT2D eigenvalue weighted by Crippen LogP contribution is -2.43. The van der Waals surface area contributed by atoms with Crippen molar-refractivity contribution in [2.45, 2.75) is 33.3 Å². The number of ether oxygens (including phenoxy) is 1. The number of likely N-dealkylation sites (tertiary alicyclic amines) is 1. The lowest BCUT2D eigenvalue weighted by Gasteiger charge is -2.32. The number of piperidine rings is 1. The molecule has 1 fully saturated rings. The van der Waals surface area contributed by atoms with Crippen molar-refractivity contribution in [3.8, 4) is 0 Å². The highest BCUT2D eigenvalue weighted by atomic mass is 16.5. The average Bonchev–Trinajstić information content (AvgIpc) is 2.61. The Bertz CT molecular complexity index is 679. The summed E-state index contributed by atoms with van der Waals surface area (Å²) < 4.78 is 5.05. The van der Waals surface area contributed by atoms with Gasteiger partial charge in [0.25, 0.3) is 0 Å². The average molecular weight is 362 g/mol. The first kappa shape index (κ1) is 19.9. The summed E-state index contributed by atoms with van der Waals surface area (Å²) in [5.41, 5.74) is 1.23. The van der Waals surface area contributed by atoms with Crippen molar-refractivity contribution < 1.29 is 24.2 Å². The lowest BCUT2D eigenvalue weighted by molar-refractivity contribution is -0.137. The molecule has 142 valence electrons. The van der Waals surface area contributed by atoms with Gasteiger partial charge < -0.3 is 20.1 Å². The van der Waals surface area contributed by atoms with Gasteiger partial charge in [0.1, 0.15) is 0 Å². The van der Waals surface area contributed by atoms with E-state index in [1.54, 1.807) is 11.0 Å². The Hall–Kier alpha value is -2.41. The summed E-state index contributed by atoms with van der Waals surface area (Å²) in [5, 5.41) is 12.0. The van der Waals surface area contributed by atoms with Crippen LogP contribution < -0.4 is 5.32 Å². The van der Waals surface area contributed by atoms with Crippen LogP contribution in [-0.2, 0) is 20.9 Å². The van der Waals surface area contributed by atoms with Crippen molar-refractivity contribution in [3.05, 3.63) is 29.3 Å². The summed E-state index contributed by atoms with van der Waals surface area (Å²) in [7, 11) is 1.53. The third-order valence-electron chi connectivity index (χ3n) is 4.49. The zero-order valence-electron chi connectivity index (χ0n) is 15.4. The van der Waals surface area contributed by atoms with Crippen molar-refractivity contribution >= 4 is 23.5 Å². The number of carbonyl (C=O) groups is 3. The molecule has 0 saturated carbocycles. The third kappa shape index (κ3) is 5.05. The smallest absolute Gasteiger partial charge is 0.335 e. The number of hydrogen-bond donors (Lipinski definition) is 2. The fourth-order valence-electron chi connectivity index (χ4n) is 3.11. The molecule has 7 heteroatoms. The maximum atomic E-state index is 12.5. The molecule has 1 aromatic carbocycles. The topological polar surface area (TPSA) is 95.9 Å². The van der Waals surface area contributed by atoms with Gasteiger partial charge in [0, 0.05) is 37.7 Å². The zero-order chi connectivity index (χ0) is 19.3. The van der Waals surface area contributed by atoms with Gasteiger partial charge in [-0.25, -0.2) is 4.79 Å². The minimum Gasteiger partial charge on any atom is -0.478 e. The third-order valence-corrected chi connectivity index (χ3v) is 4.49. The summed E-state index contributed by atoms with van der Waals surface area (Å²) >= 11 is 0. The Kier molecular flexibility index (Phi) is 6.74. The fourth-order valence-corrected chi connectivity index (χ4v) is 3.11. The number of nitrogens with zero attached hydrogens (tertiary/aromatic N) is 1. The number of methoxy groups -OCH3 is 1. The van der Waals surface area contributed by atoms with Crippen molar-refractivity contribution in [2.75, 3.05) is 25.5 Å². The van der Waals surface area contributed by atoms with Crippen molar-refractivity contribution in [1.29, 1.82) is 0 Å². The maximum Gasteiger partial charge on any atom is 0.335 e. The van der Waals surface area contributed by atoms with Gasteiger partial charge in [0.2, 0.25) is 11.8 Å². The number of anilines is 1. The fraction of sp³-hybridized carbons (Fsp3) is 0.526. The minimum absolute atomic E-state index is 0.0432. The lowest BCUT2D eigenvalue weighted by atomic mass is 9.95. The van der Waals surface area contributed by atoms with E-state index in [1.807, 2.05) is 13.8 Å². The van der Waals surface area contributed by atoms with Gasteiger partial charge in [-0.3, -0.25) is 9.59 Å². The summed E-state index contributed by atoms with van der Waals surface area (Å²) in [6, 6.07) is 4.68. The molecule has 1 aliphatic rings. The molecule has 26 heavy (non-hydrogen) atoms. The molecule has 0 spiro atoms. The maximum absolute atomic E-state index is 12.5. The van der Waals surface area contributed by atoms with Crippen LogP contribution in [-0.4, -0.2) is 48.0 Å². The van der Waals surface area contributed by atoms with Crippen LogP contribution in [0.1, 0.15) is 42.6 Å². The second kappa shape index (κ2) is 8.80. The predicted octanol–water partition coefficient (Wildman–Crippen LogP) is 2.36. The van der Waals surface area contributed by atoms with Gasteiger partial charge in [-0.2, -0.15) is 0 Å². The Balaban J connectivity index is 2.02. The molecule has 1 saturated heterocycles. The predicted molar refractivity (Wildman–Crippen MR) is 96.9 cm³/mol. The molecule has 2 amide bonds. The van der Waals surface area contributed by atoms with E-state index in [0.29, 0.717) is 37.2 Å². The van der Waals surface area contributed by atoms with E-state index in [2.05, 4.69) is 5.32 Å². The summed E-state index contributed by atoms with van der Waals surface area (Å²) in [6.45, 7) is 5.14. The molecule has 0 atom stereocenters. The first-order valence-corrected chi connectivity index (χ1v) is 8.77. The number of carboxylic acid groups (broad SMARTS) is 1. The number of rotatable bonds is 6. The van der Waals surface area contributed by atoms with Gasteiger partial charge in [-0.15, -0.1) is 0 Å². The Morgan fingerprint density at radius 1 is 1.23 bits per heavy atom. The Morgan fingerprint density at radius 2 is 1.88 bits per heavy atom. The number of amides is 2. The monoisotopic (exact) mass is 362 g/mol. The zero-order valence-corrected chi connectivity index (χ0v) is 15.4. The molecule has 2 N–H and O–H groups in total. The van der Waals surface area contributed by atoms with Crippen LogP contribution in [0.2, 0.25) is 0 Å². The van der Waals surface area contributed by atoms with E-state index in [4.69, 9.17) is 4.74 Å². The van der Waals surface area contributed by atoms with Gasteiger partial charge in [0.05, 0.1) is 12.2 Å². The first-order chi connectivity index (χ1) is 12.3. The number of carbonyl (C=O) groups excluding carboxylic acids is 2. The SMILES string of the molecule is COCc1cc(NC(=O)C2CCN(C(=O)C(C)C)CC2)cc(C(=O)O)c1. The molecular formula is C19H26N2O5. The van der Waals surface area contributed by atoms with E-state index in [1.165, 1.54) is 19.2 Å². The van der Waals surface area contributed by atoms with E-state index in [-0.39, 0.29) is 35.8 Å². The number of hydrogen-bond acceptors (Lipinski definition) is 4. The molecule has 1 aliphatic heterocycles. The summed E-state index contributed by atoms with van der Waals surface area (Å²) in [4.78, 5) is 37.6. The highest BCUT2D eigenvalue weighted by molar-refractivity contribution is 5.95. The Labute approximate surface area is 153 Å². The first-order valence-electron chi connectivity index (χ1n) is 8.77. The van der Waals surface area contributed by atoms with Crippen molar-refractivity contribution in [2.24, 2.45) is 11.8 Å². The second-order valence-corrected chi connectivity index (χ2v) is 6.90. The number of aromatic carboxylic acids is 1. The van der Waals surface area contributed by atoms with E-state index >= 15 is 0 Å². The molecular weight excluding hydrogens is 336 g/mol. The highest BCUT2D eigenvalue weighted by Crippen LogP contribution is 2.22. The quantitative estimate of drug-likeness (QED) is 0.810. The summed E-state index contributed by atoms with van der Waals surface area (Å²) in [5.74, 6) is -1.32. The van der Waals surface area contributed by atoms with Gasteiger partial charge >= 0.3 is 5.97 Å². The van der Waals surface area contributed by atoms with Crippen LogP contribution in [0.5, 0.6) is 0 Å². The van der Waals surface area contributed by atoms with Crippen LogP contribution in [0.3, 0.4) is 0 Å². The van der Waals surface area contributed by atoms with E-state index in [0.717, 1.165) is 0 Å². The molecule has 1 heterocycles. The minimum atomic E-state index is -1.06. The van der Waals surface area contributed by atoms with Gasteiger partial charge in [-0.1, -0.05) is 13.8 Å². The number of benzene rings is 1. The van der Waals surface area contributed by atoms with Crippen LogP contribution >= 0.6 is 0 Å². The molecule has 7 nitrogen and oxygen atoms in total. The van der Waals surface area contributed by atoms with Gasteiger partial charge in [-0.05, 0) is 36.6 Å². The molecule has 2 rings (SSSR count). The largest absolute Gasteiger partial charge is 0.478 e. The van der Waals surface area contributed by atoms with Crippen LogP contribution in [0.25, 0.3) is 0 Å². The van der Waals surface area contributed by atoms with Crippen LogP contribution in [0, 0.1) is 11.8 Å². The second-order valence-electron chi connectivity index (χ2n) is 6.90. The summed E-state index contributed by atoms with van der Waals surface area (Å²) in [6.07, 6.45) is 1.21. The van der Waals surface area contributed by atoms with Crippen LogP contribution in [0.4, 0.5) is 5.69 Å². The molecule has 0 radical (unpaired) electrons.